The number of ether oxygens (including phenoxy) is 3. The van der Waals surface area contributed by atoms with Gasteiger partial charge in [0.05, 0.1) is 12.7 Å². The standard InChI is InChI=1S/C19H19ClN2O6/c1-21-19(25)22-17(23)11-28-18(24)13-5-8-15(16(9-13)26-2)27-10-12-3-6-14(20)7-4-12/h3-9H,10-11H2,1-2H3,(H2,21,22,23,25). The third-order valence-electron chi connectivity index (χ3n) is 3.52. The van der Waals surface area contributed by atoms with Gasteiger partial charge in [-0.15, -0.1) is 0 Å². The number of halogens is 1. The lowest BCUT2D eigenvalue weighted by atomic mass is 10.2. The number of benzene rings is 2. The molecule has 0 aliphatic heterocycles. The molecular weight excluding hydrogens is 388 g/mol. The highest BCUT2D eigenvalue weighted by Crippen LogP contribution is 2.29. The average Bonchev–Trinajstić information content (AvgIpc) is 2.71. The van der Waals surface area contributed by atoms with E-state index < -0.39 is 24.5 Å². The third kappa shape index (κ3) is 6.17. The molecule has 0 aromatic heterocycles. The van der Waals surface area contributed by atoms with Gasteiger partial charge in [0, 0.05) is 12.1 Å². The summed E-state index contributed by atoms with van der Waals surface area (Å²) in [6.45, 7) is -0.305. The van der Waals surface area contributed by atoms with E-state index in [4.69, 9.17) is 25.8 Å². The molecule has 0 aliphatic carbocycles. The van der Waals surface area contributed by atoms with E-state index in [2.05, 4.69) is 5.32 Å². The molecule has 0 unspecified atom stereocenters. The molecule has 8 nitrogen and oxygen atoms in total. The van der Waals surface area contributed by atoms with E-state index in [1.165, 1.54) is 26.3 Å². The smallest absolute Gasteiger partial charge is 0.338 e. The largest absolute Gasteiger partial charge is 0.493 e. The molecule has 0 spiro atoms. The first kappa shape index (κ1) is 21.0. The number of imide groups is 1. The number of nitrogens with one attached hydrogen (secondary N) is 2. The lowest BCUT2D eigenvalue weighted by Gasteiger charge is -2.12. The lowest BCUT2D eigenvalue weighted by Crippen LogP contribution is -2.39. The molecule has 0 radical (unpaired) electrons. The summed E-state index contributed by atoms with van der Waals surface area (Å²) < 4.78 is 15.8. The Labute approximate surface area is 166 Å². The van der Waals surface area contributed by atoms with Gasteiger partial charge in [0.1, 0.15) is 6.61 Å². The second-order valence-electron chi connectivity index (χ2n) is 5.48. The number of carbonyl (C=O) groups is 3. The quantitative estimate of drug-likeness (QED) is 0.685. The number of esters is 1. The summed E-state index contributed by atoms with van der Waals surface area (Å²) in [5, 5.41) is 4.83. The molecule has 2 N–H and O–H groups in total. The average molecular weight is 407 g/mol. The van der Waals surface area contributed by atoms with Crippen LogP contribution in [-0.2, 0) is 16.1 Å². The van der Waals surface area contributed by atoms with Gasteiger partial charge in [-0.05, 0) is 35.9 Å². The molecule has 0 atom stereocenters. The third-order valence-corrected chi connectivity index (χ3v) is 3.77. The molecule has 148 valence electrons. The minimum absolute atomic E-state index is 0.170. The van der Waals surface area contributed by atoms with Gasteiger partial charge in [0.2, 0.25) is 0 Å². The summed E-state index contributed by atoms with van der Waals surface area (Å²) >= 11 is 5.85. The maximum atomic E-state index is 12.1. The van der Waals surface area contributed by atoms with Crippen LogP contribution in [0.1, 0.15) is 15.9 Å². The normalized spacial score (nSPS) is 9.96. The monoisotopic (exact) mass is 406 g/mol. The minimum atomic E-state index is -0.748. The van der Waals surface area contributed by atoms with Gasteiger partial charge in [0.15, 0.2) is 18.1 Å². The van der Waals surface area contributed by atoms with E-state index in [1.807, 2.05) is 17.4 Å². The topological polar surface area (TPSA) is 103 Å². The number of carbonyl (C=O) groups excluding carboxylic acids is 3. The van der Waals surface area contributed by atoms with Crippen molar-refractivity contribution in [3.05, 3.63) is 58.6 Å². The maximum Gasteiger partial charge on any atom is 0.338 e. The van der Waals surface area contributed by atoms with Gasteiger partial charge in [-0.2, -0.15) is 0 Å². The van der Waals surface area contributed by atoms with Crippen molar-refractivity contribution in [2.24, 2.45) is 0 Å². The van der Waals surface area contributed by atoms with Crippen LogP contribution in [0.2, 0.25) is 5.02 Å². The molecule has 2 aromatic carbocycles. The second kappa shape index (κ2) is 10.2. The molecule has 2 aromatic rings. The fourth-order valence-electron chi connectivity index (χ4n) is 2.10. The zero-order chi connectivity index (χ0) is 20.5. The highest BCUT2D eigenvalue weighted by Gasteiger charge is 2.15. The van der Waals surface area contributed by atoms with Crippen molar-refractivity contribution in [2.45, 2.75) is 6.61 Å². The Balaban J connectivity index is 1.97. The Morgan fingerprint density at radius 1 is 1.04 bits per heavy atom. The number of hydrogen-bond donors (Lipinski definition) is 2. The molecule has 0 bridgehead atoms. The van der Waals surface area contributed by atoms with Crippen molar-refractivity contribution < 1.29 is 28.6 Å². The predicted molar refractivity (Wildman–Crippen MR) is 102 cm³/mol. The van der Waals surface area contributed by atoms with Gasteiger partial charge in [-0.1, -0.05) is 23.7 Å². The molecule has 28 heavy (non-hydrogen) atoms. The zero-order valence-corrected chi connectivity index (χ0v) is 16.0. The van der Waals surface area contributed by atoms with Crippen LogP contribution in [0.3, 0.4) is 0 Å². The lowest BCUT2D eigenvalue weighted by molar-refractivity contribution is -0.123. The van der Waals surface area contributed by atoms with Gasteiger partial charge in [0.25, 0.3) is 5.91 Å². The molecule has 3 amide bonds. The summed E-state index contributed by atoms with van der Waals surface area (Å²) in [6.07, 6.45) is 0. The van der Waals surface area contributed by atoms with E-state index in [1.54, 1.807) is 18.2 Å². The number of methoxy groups -OCH3 is 1. The van der Waals surface area contributed by atoms with Crippen molar-refractivity contribution in [3.8, 4) is 11.5 Å². The summed E-state index contributed by atoms with van der Waals surface area (Å²) in [4.78, 5) is 34.6. The van der Waals surface area contributed by atoms with Crippen LogP contribution in [0.25, 0.3) is 0 Å². The van der Waals surface area contributed by atoms with Gasteiger partial charge < -0.3 is 19.5 Å². The van der Waals surface area contributed by atoms with Crippen LogP contribution in [0.5, 0.6) is 11.5 Å². The Morgan fingerprint density at radius 3 is 2.39 bits per heavy atom. The Bertz CT molecular complexity index is 854. The van der Waals surface area contributed by atoms with E-state index in [0.717, 1.165) is 5.56 Å². The first-order valence-corrected chi connectivity index (χ1v) is 8.54. The van der Waals surface area contributed by atoms with Gasteiger partial charge in [-0.25, -0.2) is 9.59 Å². The van der Waals surface area contributed by atoms with E-state index >= 15 is 0 Å². The number of amides is 3. The maximum absolute atomic E-state index is 12.1. The van der Waals surface area contributed by atoms with Crippen LogP contribution < -0.4 is 20.1 Å². The van der Waals surface area contributed by atoms with Crippen LogP contribution in [0, 0.1) is 0 Å². The SMILES string of the molecule is CNC(=O)NC(=O)COC(=O)c1ccc(OCc2ccc(Cl)cc2)c(OC)c1. The van der Waals surface area contributed by atoms with Crippen LogP contribution in [0.4, 0.5) is 4.79 Å². The molecule has 0 saturated heterocycles. The zero-order valence-electron chi connectivity index (χ0n) is 15.3. The fraction of sp³-hybridized carbons (Fsp3) is 0.211. The fourth-order valence-corrected chi connectivity index (χ4v) is 2.22. The highest BCUT2D eigenvalue weighted by molar-refractivity contribution is 6.30. The van der Waals surface area contributed by atoms with Crippen LogP contribution in [-0.4, -0.2) is 38.7 Å². The Hall–Kier alpha value is -3.26. The van der Waals surface area contributed by atoms with Gasteiger partial charge in [-0.3, -0.25) is 10.1 Å². The number of hydrogen-bond acceptors (Lipinski definition) is 6. The molecular formula is C19H19ClN2O6. The first-order valence-electron chi connectivity index (χ1n) is 8.17. The second-order valence-corrected chi connectivity index (χ2v) is 5.92. The number of rotatable bonds is 7. The van der Waals surface area contributed by atoms with E-state index in [-0.39, 0.29) is 12.2 Å². The summed E-state index contributed by atoms with van der Waals surface area (Å²) in [5.74, 6) is -0.721. The molecule has 0 fully saturated rings. The Kier molecular flexibility index (Phi) is 7.65. The van der Waals surface area contributed by atoms with E-state index in [9.17, 15) is 14.4 Å². The van der Waals surface area contributed by atoms with Crippen LogP contribution >= 0.6 is 11.6 Å². The molecule has 0 aliphatic rings. The number of urea groups is 1. The van der Waals surface area contributed by atoms with E-state index in [0.29, 0.717) is 16.5 Å². The van der Waals surface area contributed by atoms with Crippen molar-refractivity contribution in [1.29, 1.82) is 0 Å². The first-order chi connectivity index (χ1) is 13.4. The van der Waals surface area contributed by atoms with Crippen molar-refractivity contribution in [1.82, 2.24) is 10.6 Å². The molecule has 0 saturated carbocycles. The summed E-state index contributed by atoms with van der Waals surface area (Å²) in [6, 6.07) is 11.0. The van der Waals surface area contributed by atoms with Crippen molar-refractivity contribution >= 4 is 29.5 Å². The van der Waals surface area contributed by atoms with Crippen molar-refractivity contribution in [2.75, 3.05) is 20.8 Å². The molecule has 9 heteroatoms. The minimum Gasteiger partial charge on any atom is -0.493 e. The summed E-state index contributed by atoms with van der Waals surface area (Å²) in [5.41, 5.74) is 1.08. The highest BCUT2D eigenvalue weighted by atomic mass is 35.5. The van der Waals surface area contributed by atoms with Gasteiger partial charge >= 0.3 is 12.0 Å². The predicted octanol–water partition coefficient (Wildman–Crippen LogP) is 2.54. The van der Waals surface area contributed by atoms with Crippen molar-refractivity contribution in [3.63, 3.8) is 0 Å². The summed E-state index contributed by atoms with van der Waals surface area (Å²) in [7, 11) is 2.80. The molecule has 2 rings (SSSR count). The molecule has 0 heterocycles. The Morgan fingerprint density at radius 2 is 1.75 bits per heavy atom. The van der Waals surface area contributed by atoms with Crippen LogP contribution in [0.15, 0.2) is 42.5 Å².